The number of hydrogen-bond acceptors (Lipinski definition) is 5. The third-order valence-corrected chi connectivity index (χ3v) is 8.96. The summed E-state index contributed by atoms with van der Waals surface area (Å²) in [5, 5.41) is 5.70. The predicted octanol–water partition coefficient (Wildman–Crippen LogP) is 5.31. The van der Waals surface area contributed by atoms with Gasteiger partial charge >= 0.3 is 0 Å². The first-order valence-electron chi connectivity index (χ1n) is 13.1. The van der Waals surface area contributed by atoms with E-state index in [-0.39, 0.29) is 5.28 Å². The summed E-state index contributed by atoms with van der Waals surface area (Å²) in [4.78, 5) is 11.6. The highest BCUT2D eigenvalue weighted by Gasteiger charge is 2.35. The molecule has 2 unspecified atom stereocenters. The lowest BCUT2D eigenvalue weighted by atomic mass is 9.83. The van der Waals surface area contributed by atoms with Crippen molar-refractivity contribution in [2.24, 2.45) is 24.8 Å². The van der Waals surface area contributed by atoms with Crippen LogP contribution in [0.25, 0.3) is 22.3 Å². The van der Waals surface area contributed by atoms with Gasteiger partial charge in [0.15, 0.2) is 0 Å². The zero-order chi connectivity index (χ0) is 23.2. The van der Waals surface area contributed by atoms with Gasteiger partial charge in [0.1, 0.15) is 11.5 Å². The van der Waals surface area contributed by atoms with Crippen LogP contribution in [0.15, 0.2) is 18.5 Å². The fourth-order valence-electron chi connectivity index (χ4n) is 7.02. The van der Waals surface area contributed by atoms with E-state index in [1.807, 2.05) is 24.0 Å². The molecule has 0 amide bonds. The third-order valence-electron chi connectivity index (χ3n) is 8.79. The molecule has 1 aliphatic heterocycles. The molecule has 7 nitrogen and oxygen atoms in total. The van der Waals surface area contributed by atoms with Gasteiger partial charge < -0.3 is 15.2 Å². The van der Waals surface area contributed by atoms with Crippen LogP contribution in [-0.2, 0) is 7.05 Å². The molecule has 2 saturated carbocycles. The maximum absolute atomic E-state index is 6.34. The fraction of sp³-hybridized carbons (Fsp3) is 0.654. The van der Waals surface area contributed by atoms with Crippen LogP contribution in [-0.4, -0.2) is 48.8 Å². The second-order valence-electron chi connectivity index (χ2n) is 10.9. The Hall–Kier alpha value is -2.12. The van der Waals surface area contributed by atoms with Gasteiger partial charge in [-0.25, -0.2) is 4.98 Å². The Labute approximate surface area is 206 Å². The quantitative estimate of drug-likeness (QED) is 0.499. The minimum absolute atomic E-state index is 0.209. The normalized spacial score (nSPS) is 25.1. The Bertz CT molecular complexity index is 1150. The maximum atomic E-state index is 6.34. The van der Waals surface area contributed by atoms with E-state index in [4.69, 9.17) is 17.3 Å². The lowest BCUT2D eigenvalue weighted by molar-refractivity contribution is 0.131. The molecule has 3 aliphatic rings. The molecular weight excluding hydrogens is 446 g/mol. The molecule has 0 spiro atoms. The van der Waals surface area contributed by atoms with Gasteiger partial charge in [-0.3, -0.25) is 4.68 Å². The lowest BCUT2D eigenvalue weighted by Crippen LogP contribution is -2.38. The molecular formula is C26H36ClN7. The number of piperidine rings is 1. The van der Waals surface area contributed by atoms with E-state index in [0.717, 1.165) is 40.0 Å². The Morgan fingerprint density at radius 1 is 1.03 bits per heavy atom. The summed E-state index contributed by atoms with van der Waals surface area (Å²) in [6, 6.07) is 2.44. The lowest BCUT2D eigenvalue weighted by Gasteiger charge is -2.36. The van der Waals surface area contributed by atoms with Crippen molar-refractivity contribution in [1.29, 1.82) is 0 Å². The first-order chi connectivity index (χ1) is 16.5. The van der Waals surface area contributed by atoms with Crippen LogP contribution in [0.5, 0.6) is 0 Å². The number of hydrogen-bond donors (Lipinski definition) is 1. The molecule has 6 rings (SSSR count). The summed E-state index contributed by atoms with van der Waals surface area (Å²) in [6.45, 7) is 3.92. The van der Waals surface area contributed by atoms with Gasteiger partial charge in [0.2, 0.25) is 5.28 Å². The van der Waals surface area contributed by atoms with Gasteiger partial charge in [0, 0.05) is 37.6 Å². The molecule has 1 saturated heterocycles. The Morgan fingerprint density at radius 3 is 2.56 bits per heavy atom. The number of anilines is 1. The summed E-state index contributed by atoms with van der Waals surface area (Å²) < 4.78 is 4.13. The molecule has 0 radical (unpaired) electrons. The molecule has 2 N–H and O–H groups in total. The zero-order valence-electron chi connectivity index (χ0n) is 20.2. The average molecular weight is 482 g/mol. The number of fused-ring (bicyclic) bond motifs is 1. The summed E-state index contributed by atoms with van der Waals surface area (Å²) in [7, 11) is 1.93. The number of aryl methyl sites for hydroxylation is 1. The highest BCUT2D eigenvalue weighted by atomic mass is 35.5. The summed E-state index contributed by atoms with van der Waals surface area (Å²) in [6.07, 6.45) is 16.3. The van der Waals surface area contributed by atoms with Crippen LogP contribution in [0, 0.1) is 17.8 Å². The Balaban J connectivity index is 1.19. The standard InChI is InChI=1S/C26H36ClN7/c1-32-11-10-22(31-32)21-16-34(25-23(21)24(28)29-26(27)30-25)20-7-6-19(14-20)18-8-12-33(13-9-18)15-17-4-2-3-5-17/h10-11,16-20H,2-9,12-15H2,1H3,(H2,28,29,30). The van der Waals surface area contributed by atoms with E-state index in [1.165, 1.54) is 77.4 Å². The SMILES string of the molecule is Cn1ccc(-c2cn(C3CCC(C4CCN(CC5CCCC5)CC4)C3)c3nc(Cl)nc(N)c23)n1. The van der Waals surface area contributed by atoms with Gasteiger partial charge in [-0.1, -0.05) is 12.8 Å². The van der Waals surface area contributed by atoms with Crippen LogP contribution in [0.2, 0.25) is 5.28 Å². The number of nitrogens with zero attached hydrogens (tertiary/aromatic N) is 6. The Kier molecular flexibility index (Phi) is 6.02. The number of aromatic nitrogens is 5. The number of nitrogens with two attached hydrogens (primary N) is 1. The van der Waals surface area contributed by atoms with Crippen LogP contribution in [0.4, 0.5) is 5.82 Å². The topological polar surface area (TPSA) is 77.8 Å². The summed E-state index contributed by atoms with van der Waals surface area (Å²) in [5.41, 5.74) is 9.07. The number of likely N-dealkylation sites (tertiary alicyclic amines) is 1. The van der Waals surface area contributed by atoms with Crippen molar-refractivity contribution >= 4 is 28.5 Å². The van der Waals surface area contributed by atoms with Crippen LogP contribution in [0.1, 0.15) is 63.8 Å². The molecule has 2 aliphatic carbocycles. The molecule has 3 fully saturated rings. The van der Waals surface area contributed by atoms with Crippen molar-refractivity contribution in [3.63, 3.8) is 0 Å². The third kappa shape index (κ3) is 4.22. The molecule has 0 aromatic carbocycles. The monoisotopic (exact) mass is 481 g/mol. The van der Waals surface area contributed by atoms with Crippen LogP contribution in [0.3, 0.4) is 0 Å². The van der Waals surface area contributed by atoms with Crippen molar-refractivity contribution in [1.82, 2.24) is 29.2 Å². The van der Waals surface area contributed by atoms with Crippen molar-refractivity contribution < 1.29 is 0 Å². The van der Waals surface area contributed by atoms with E-state index in [9.17, 15) is 0 Å². The molecule has 182 valence electrons. The predicted molar refractivity (Wildman–Crippen MR) is 137 cm³/mol. The largest absolute Gasteiger partial charge is 0.383 e. The first-order valence-corrected chi connectivity index (χ1v) is 13.5. The summed E-state index contributed by atoms with van der Waals surface area (Å²) in [5.74, 6) is 3.04. The highest BCUT2D eigenvalue weighted by molar-refractivity contribution is 6.29. The van der Waals surface area contributed by atoms with Crippen molar-refractivity contribution in [3.05, 3.63) is 23.7 Å². The number of nitrogen functional groups attached to an aromatic ring is 1. The first kappa shape index (κ1) is 22.4. The minimum Gasteiger partial charge on any atom is -0.383 e. The second kappa shape index (κ2) is 9.15. The molecule has 8 heteroatoms. The molecule has 3 aromatic heterocycles. The minimum atomic E-state index is 0.209. The zero-order valence-corrected chi connectivity index (χ0v) is 20.9. The van der Waals surface area contributed by atoms with Crippen molar-refractivity contribution in [3.8, 4) is 11.3 Å². The Morgan fingerprint density at radius 2 is 1.82 bits per heavy atom. The summed E-state index contributed by atoms with van der Waals surface area (Å²) >= 11 is 6.25. The fourth-order valence-corrected chi connectivity index (χ4v) is 7.19. The van der Waals surface area contributed by atoms with Gasteiger partial charge in [0.25, 0.3) is 0 Å². The molecule has 0 bridgehead atoms. The smallest absolute Gasteiger partial charge is 0.226 e. The van der Waals surface area contributed by atoms with E-state index >= 15 is 0 Å². The molecule has 34 heavy (non-hydrogen) atoms. The number of rotatable bonds is 5. The van der Waals surface area contributed by atoms with Crippen molar-refractivity contribution in [2.75, 3.05) is 25.4 Å². The van der Waals surface area contributed by atoms with E-state index in [2.05, 4.69) is 30.7 Å². The van der Waals surface area contributed by atoms with Crippen LogP contribution >= 0.6 is 11.6 Å². The second-order valence-corrected chi connectivity index (χ2v) is 11.3. The van der Waals surface area contributed by atoms with E-state index < -0.39 is 0 Å². The van der Waals surface area contributed by atoms with Gasteiger partial charge in [-0.15, -0.1) is 0 Å². The van der Waals surface area contributed by atoms with Crippen molar-refractivity contribution in [2.45, 2.75) is 63.8 Å². The molecule has 2 atom stereocenters. The number of halogens is 1. The maximum Gasteiger partial charge on any atom is 0.226 e. The van der Waals surface area contributed by atoms with Gasteiger partial charge in [-0.05, 0) is 93.5 Å². The molecule has 4 heterocycles. The van der Waals surface area contributed by atoms with Gasteiger partial charge in [0.05, 0.1) is 11.1 Å². The van der Waals surface area contributed by atoms with E-state index in [0.29, 0.717) is 11.9 Å². The average Bonchev–Trinajstić information content (AvgIpc) is 3.61. The van der Waals surface area contributed by atoms with E-state index in [1.54, 1.807) is 0 Å². The van der Waals surface area contributed by atoms with Gasteiger partial charge in [-0.2, -0.15) is 10.1 Å². The highest BCUT2D eigenvalue weighted by Crippen LogP contribution is 2.45. The molecule has 3 aromatic rings. The van der Waals surface area contributed by atoms with Crippen LogP contribution < -0.4 is 5.73 Å².